The normalized spacial score (nSPS) is 20.0. The van der Waals surface area contributed by atoms with Crippen LogP contribution in [0.15, 0.2) is 158 Å². The van der Waals surface area contributed by atoms with Gasteiger partial charge in [-0.1, -0.05) is 116 Å². The van der Waals surface area contributed by atoms with Gasteiger partial charge >= 0.3 is 0 Å². The molecule has 8 aromatic rings. The van der Waals surface area contributed by atoms with Crippen molar-refractivity contribution in [1.29, 1.82) is 0 Å². The van der Waals surface area contributed by atoms with Crippen LogP contribution in [0.5, 0.6) is 0 Å². The zero-order chi connectivity index (χ0) is 34.0. The molecule has 52 heavy (non-hydrogen) atoms. The molecule has 3 unspecified atom stereocenters. The Morgan fingerprint density at radius 2 is 1.04 bits per heavy atom. The van der Waals surface area contributed by atoms with Crippen LogP contribution in [-0.4, -0.2) is 0 Å². The van der Waals surface area contributed by atoms with Crippen LogP contribution in [0.3, 0.4) is 0 Å². The monoisotopic (exact) mass is 683 g/mol. The van der Waals surface area contributed by atoms with Gasteiger partial charge in [0.25, 0.3) is 0 Å². The molecule has 12 rings (SSSR count). The topological polar surface area (TPSA) is 3.24 Å². The number of anilines is 3. The maximum absolute atomic E-state index is 2.50. The molecular formula is C50H37NS. The number of thiophene rings is 1. The predicted molar refractivity (Wildman–Crippen MR) is 219 cm³/mol. The molecule has 2 heteroatoms. The standard InChI is InChI=1S/C50H37NS/c1-5-13-44-37(9-1)38-10-2-6-14-45(38)50(44)46-15-7-3-11-39(46)42-29-35(23-25-47(42)50)51(34-21-19-32(20-22-34)41-28-31-17-18-33(41)27-31)36-24-26-49-43(30-36)40-12-4-8-16-48(40)52-49/h1-16,19-26,29-31,33,41H,17-18,27-28H2. The average Bonchev–Trinajstić information content (AvgIpc) is 4.03. The molecule has 248 valence electrons. The Hall–Kier alpha value is -5.44. The fraction of sp³-hybridized carbons (Fsp3) is 0.160. The van der Waals surface area contributed by atoms with Gasteiger partial charge in [-0.15, -0.1) is 11.3 Å². The van der Waals surface area contributed by atoms with Crippen LogP contribution in [0.1, 0.15) is 59.4 Å². The molecule has 3 atom stereocenters. The van der Waals surface area contributed by atoms with E-state index in [4.69, 9.17) is 0 Å². The Labute approximate surface area is 308 Å². The summed E-state index contributed by atoms with van der Waals surface area (Å²) in [5.41, 5.74) is 15.7. The van der Waals surface area contributed by atoms with Gasteiger partial charge in [-0.05, 0) is 136 Å². The van der Waals surface area contributed by atoms with Gasteiger partial charge < -0.3 is 4.90 Å². The lowest BCUT2D eigenvalue weighted by atomic mass is 9.70. The van der Waals surface area contributed by atoms with Crippen LogP contribution in [0.25, 0.3) is 42.4 Å². The molecule has 4 aliphatic carbocycles. The maximum atomic E-state index is 2.50. The third-order valence-corrected chi connectivity index (χ3v) is 14.3. The van der Waals surface area contributed by atoms with Crippen LogP contribution in [-0.2, 0) is 5.41 Å². The van der Waals surface area contributed by atoms with Gasteiger partial charge in [-0.3, -0.25) is 0 Å². The first-order valence-corrected chi connectivity index (χ1v) is 19.8. The first kappa shape index (κ1) is 29.2. The molecule has 0 N–H and O–H groups in total. The molecule has 0 saturated heterocycles. The lowest BCUT2D eigenvalue weighted by Gasteiger charge is -2.31. The highest BCUT2D eigenvalue weighted by Gasteiger charge is 2.51. The summed E-state index contributed by atoms with van der Waals surface area (Å²) < 4.78 is 2.67. The van der Waals surface area contributed by atoms with E-state index >= 15 is 0 Å². The van der Waals surface area contributed by atoms with Crippen LogP contribution < -0.4 is 4.90 Å². The number of benzene rings is 7. The van der Waals surface area contributed by atoms with Crippen LogP contribution >= 0.6 is 11.3 Å². The first-order chi connectivity index (χ1) is 25.8. The minimum absolute atomic E-state index is 0.334. The van der Waals surface area contributed by atoms with Crippen molar-refractivity contribution < 1.29 is 0 Å². The minimum Gasteiger partial charge on any atom is -0.310 e. The van der Waals surface area contributed by atoms with Crippen molar-refractivity contribution in [2.24, 2.45) is 11.8 Å². The van der Waals surface area contributed by atoms with Crippen molar-refractivity contribution in [2.45, 2.75) is 37.0 Å². The van der Waals surface area contributed by atoms with Crippen molar-refractivity contribution in [1.82, 2.24) is 0 Å². The number of nitrogens with zero attached hydrogens (tertiary/aromatic N) is 1. The van der Waals surface area contributed by atoms with E-state index in [0.29, 0.717) is 0 Å². The van der Waals surface area contributed by atoms with E-state index in [1.54, 1.807) is 0 Å². The number of hydrogen-bond donors (Lipinski definition) is 0. The van der Waals surface area contributed by atoms with E-state index in [1.807, 2.05) is 11.3 Å². The van der Waals surface area contributed by atoms with Crippen molar-refractivity contribution in [3.05, 3.63) is 186 Å². The van der Waals surface area contributed by atoms with Crippen LogP contribution in [0.2, 0.25) is 0 Å². The summed E-state index contributed by atoms with van der Waals surface area (Å²) in [6.45, 7) is 0. The Bertz CT molecular complexity index is 2690. The fourth-order valence-corrected chi connectivity index (χ4v) is 12.1. The van der Waals surface area contributed by atoms with Gasteiger partial charge in [0.05, 0.1) is 5.41 Å². The van der Waals surface area contributed by atoms with Gasteiger partial charge in [0, 0.05) is 37.2 Å². The Balaban J connectivity index is 1.06. The number of rotatable bonds is 4. The van der Waals surface area contributed by atoms with Crippen LogP contribution in [0, 0.1) is 11.8 Å². The summed E-state index contributed by atoms with van der Waals surface area (Å²) in [5.74, 6) is 2.53. The lowest BCUT2D eigenvalue weighted by molar-refractivity contribution is 0.420. The molecule has 2 bridgehead atoms. The Morgan fingerprint density at radius 1 is 0.462 bits per heavy atom. The molecule has 0 amide bonds. The molecule has 7 aromatic carbocycles. The molecule has 2 fully saturated rings. The summed E-state index contributed by atoms with van der Waals surface area (Å²) in [5, 5.41) is 2.66. The Morgan fingerprint density at radius 3 is 1.73 bits per heavy atom. The quantitative estimate of drug-likeness (QED) is 0.178. The zero-order valence-corrected chi connectivity index (χ0v) is 29.7. The molecule has 1 aromatic heterocycles. The molecular weight excluding hydrogens is 647 g/mol. The summed E-state index contributed by atoms with van der Waals surface area (Å²) in [6, 6.07) is 60.2. The molecule has 4 aliphatic rings. The predicted octanol–water partition coefficient (Wildman–Crippen LogP) is 13.8. The Kier molecular flexibility index (Phi) is 6.05. The second kappa shape index (κ2) is 10.8. The van der Waals surface area contributed by atoms with E-state index in [1.165, 1.54) is 113 Å². The lowest BCUT2D eigenvalue weighted by Crippen LogP contribution is -2.25. The van der Waals surface area contributed by atoms with E-state index in [0.717, 1.165) is 17.8 Å². The summed E-state index contributed by atoms with van der Waals surface area (Å²) in [4.78, 5) is 2.50. The molecule has 0 radical (unpaired) electrons. The average molecular weight is 684 g/mol. The van der Waals surface area contributed by atoms with Crippen molar-refractivity contribution in [3.63, 3.8) is 0 Å². The second-order valence-corrected chi connectivity index (χ2v) is 16.7. The van der Waals surface area contributed by atoms with E-state index in [9.17, 15) is 0 Å². The molecule has 1 heterocycles. The van der Waals surface area contributed by atoms with Gasteiger partial charge in [0.15, 0.2) is 0 Å². The second-order valence-electron chi connectivity index (χ2n) is 15.6. The molecule has 2 saturated carbocycles. The molecule has 1 nitrogen and oxygen atoms in total. The van der Waals surface area contributed by atoms with Gasteiger partial charge in [-0.2, -0.15) is 0 Å². The van der Waals surface area contributed by atoms with E-state index < -0.39 is 0 Å². The van der Waals surface area contributed by atoms with E-state index in [-0.39, 0.29) is 5.41 Å². The zero-order valence-electron chi connectivity index (χ0n) is 28.9. The minimum atomic E-state index is -0.334. The SMILES string of the molecule is c1ccc2c(c1)-c1ccccc1C21c2ccccc2-c2cc(N(c3ccc(C4CC5CCC4C5)cc3)c3ccc4sc5ccccc5c4c3)ccc21. The summed E-state index contributed by atoms with van der Waals surface area (Å²) in [7, 11) is 0. The first-order valence-electron chi connectivity index (χ1n) is 19.0. The van der Waals surface area contributed by atoms with Crippen molar-refractivity contribution in [3.8, 4) is 22.3 Å². The van der Waals surface area contributed by atoms with Crippen molar-refractivity contribution in [2.75, 3.05) is 4.90 Å². The van der Waals surface area contributed by atoms with Crippen LogP contribution in [0.4, 0.5) is 17.1 Å². The van der Waals surface area contributed by atoms with Gasteiger partial charge in [0.2, 0.25) is 0 Å². The third-order valence-electron chi connectivity index (χ3n) is 13.2. The van der Waals surface area contributed by atoms with E-state index in [2.05, 4.69) is 163 Å². The van der Waals surface area contributed by atoms with Crippen molar-refractivity contribution >= 4 is 48.6 Å². The largest absolute Gasteiger partial charge is 0.310 e. The maximum Gasteiger partial charge on any atom is 0.0725 e. The smallest absolute Gasteiger partial charge is 0.0725 e. The highest BCUT2D eigenvalue weighted by molar-refractivity contribution is 7.25. The fourth-order valence-electron chi connectivity index (χ4n) is 11.1. The number of hydrogen-bond acceptors (Lipinski definition) is 2. The summed E-state index contributed by atoms with van der Waals surface area (Å²) in [6.07, 6.45) is 5.64. The summed E-state index contributed by atoms with van der Waals surface area (Å²) >= 11 is 1.89. The molecule has 0 aliphatic heterocycles. The highest BCUT2D eigenvalue weighted by atomic mass is 32.1. The van der Waals surface area contributed by atoms with Gasteiger partial charge in [-0.25, -0.2) is 0 Å². The third kappa shape index (κ3) is 3.88. The number of fused-ring (bicyclic) bond motifs is 15. The van der Waals surface area contributed by atoms with Gasteiger partial charge in [0.1, 0.15) is 0 Å². The molecule has 1 spiro atoms. The highest BCUT2D eigenvalue weighted by Crippen LogP contribution is 2.63.